The average Bonchev–Trinajstić information content (AvgIpc) is 2.94. The predicted octanol–water partition coefficient (Wildman–Crippen LogP) is 0.383. The molecule has 2 saturated heterocycles. The third kappa shape index (κ3) is 3.11. The number of hydrogen-bond donors (Lipinski definition) is 1. The molecule has 2 heterocycles. The maximum atomic E-state index is 12.5. The molecule has 0 aromatic rings. The summed E-state index contributed by atoms with van der Waals surface area (Å²) in [5.74, 6) is 0. The molecule has 0 aliphatic carbocycles. The lowest BCUT2D eigenvalue weighted by Gasteiger charge is -2.28. The lowest BCUT2D eigenvalue weighted by atomic mass is 10.4. The topological polar surface area (TPSA) is 83.6 Å². The number of amides is 4. The second-order valence-corrected chi connectivity index (χ2v) is 4.87. The predicted molar refractivity (Wildman–Crippen MR) is 76.5 cm³/mol. The zero-order chi connectivity index (χ0) is 16.1. The van der Waals surface area contributed by atoms with Crippen molar-refractivity contribution < 1.29 is 23.8 Å². The molecule has 9 heteroatoms. The van der Waals surface area contributed by atoms with Gasteiger partial charge in [-0.1, -0.05) is 0 Å². The Kier molecular flexibility index (Phi) is 5.81. The Balaban J connectivity index is 2.16. The van der Waals surface area contributed by atoms with Crippen LogP contribution in [0.2, 0.25) is 0 Å². The van der Waals surface area contributed by atoms with Crippen molar-refractivity contribution in [3.05, 3.63) is 0 Å². The summed E-state index contributed by atoms with van der Waals surface area (Å²) in [6.45, 7) is 7.40. The first-order chi connectivity index (χ1) is 10.7. The number of fused-ring (bicyclic) bond motifs is 1. The molecule has 2 fully saturated rings. The molecule has 2 aliphatic heterocycles. The highest BCUT2D eigenvalue weighted by Gasteiger charge is 2.55. The minimum atomic E-state index is -0.465. The van der Waals surface area contributed by atoms with Crippen LogP contribution >= 0.6 is 0 Å². The van der Waals surface area contributed by atoms with E-state index in [-0.39, 0.29) is 32.3 Å². The molecule has 0 aromatic heterocycles. The van der Waals surface area contributed by atoms with E-state index in [1.165, 1.54) is 14.7 Å². The van der Waals surface area contributed by atoms with Crippen LogP contribution in [-0.2, 0) is 14.2 Å². The average molecular weight is 316 g/mol. The number of nitrogens with one attached hydrogen (secondary N) is 1. The van der Waals surface area contributed by atoms with Gasteiger partial charge in [-0.05, 0) is 20.8 Å². The van der Waals surface area contributed by atoms with E-state index in [1.807, 2.05) is 20.8 Å². The van der Waals surface area contributed by atoms with Gasteiger partial charge >= 0.3 is 12.1 Å². The molecule has 1 N–H and O–H groups in total. The van der Waals surface area contributed by atoms with Gasteiger partial charge in [-0.25, -0.2) is 9.59 Å². The molecule has 0 spiro atoms. The van der Waals surface area contributed by atoms with Gasteiger partial charge in [-0.2, -0.15) is 0 Å². The van der Waals surface area contributed by atoms with Gasteiger partial charge in [0.25, 0.3) is 0 Å². The summed E-state index contributed by atoms with van der Waals surface area (Å²) in [6, 6.07) is -0.489. The van der Waals surface area contributed by atoms with Crippen LogP contribution in [0, 0.1) is 0 Å². The molecule has 0 bridgehead atoms. The van der Waals surface area contributed by atoms with Crippen LogP contribution < -0.4 is 5.32 Å². The Morgan fingerprint density at radius 2 is 1.36 bits per heavy atom. The molecule has 4 amide bonds. The number of hydrogen-bond acceptors (Lipinski definition) is 5. The summed E-state index contributed by atoms with van der Waals surface area (Å²) in [7, 11) is 0. The Morgan fingerprint density at radius 1 is 0.864 bits per heavy atom. The van der Waals surface area contributed by atoms with E-state index in [4.69, 9.17) is 14.2 Å². The maximum Gasteiger partial charge on any atom is 0.327 e. The number of carbonyl (C=O) groups excluding carboxylic acids is 2. The van der Waals surface area contributed by atoms with E-state index < -0.39 is 12.3 Å². The van der Waals surface area contributed by atoms with Crippen molar-refractivity contribution in [2.24, 2.45) is 0 Å². The Labute approximate surface area is 130 Å². The molecule has 2 unspecified atom stereocenters. The molecular formula is C13H24N4O5. The fourth-order valence-electron chi connectivity index (χ4n) is 2.52. The lowest BCUT2D eigenvalue weighted by molar-refractivity contribution is -0.0212. The monoisotopic (exact) mass is 316 g/mol. The van der Waals surface area contributed by atoms with Gasteiger partial charge in [0.05, 0.1) is 0 Å². The zero-order valence-corrected chi connectivity index (χ0v) is 13.3. The SMILES string of the molecule is CCOCN1C(=O)N(COCC)C2C1NC(=O)N2COCC. The summed E-state index contributed by atoms with van der Waals surface area (Å²) < 4.78 is 16.0. The van der Waals surface area contributed by atoms with Crippen LogP contribution in [-0.4, -0.2) is 79.1 Å². The van der Waals surface area contributed by atoms with Crippen molar-refractivity contribution in [1.82, 2.24) is 20.0 Å². The quantitative estimate of drug-likeness (QED) is 0.665. The van der Waals surface area contributed by atoms with E-state index >= 15 is 0 Å². The normalized spacial score (nSPS) is 24.2. The molecular weight excluding hydrogens is 292 g/mol. The van der Waals surface area contributed by atoms with Crippen molar-refractivity contribution in [2.45, 2.75) is 33.1 Å². The minimum absolute atomic E-state index is 0.122. The number of urea groups is 2. The summed E-state index contributed by atoms with van der Waals surface area (Å²) in [5.41, 5.74) is 0. The second-order valence-electron chi connectivity index (χ2n) is 4.87. The smallest absolute Gasteiger partial charge is 0.327 e. The number of rotatable bonds is 9. The van der Waals surface area contributed by atoms with Crippen molar-refractivity contribution in [2.75, 3.05) is 40.0 Å². The molecule has 0 radical (unpaired) electrons. The van der Waals surface area contributed by atoms with E-state index in [9.17, 15) is 9.59 Å². The van der Waals surface area contributed by atoms with E-state index in [0.29, 0.717) is 19.8 Å². The highest BCUT2D eigenvalue weighted by atomic mass is 16.5. The molecule has 9 nitrogen and oxygen atoms in total. The van der Waals surface area contributed by atoms with Crippen molar-refractivity contribution in [3.63, 3.8) is 0 Å². The maximum absolute atomic E-state index is 12.5. The van der Waals surface area contributed by atoms with Crippen molar-refractivity contribution in [3.8, 4) is 0 Å². The number of ether oxygens (including phenoxy) is 3. The number of carbonyl (C=O) groups is 2. The second kappa shape index (κ2) is 7.61. The zero-order valence-electron chi connectivity index (χ0n) is 13.3. The number of nitrogens with zero attached hydrogens (tertiary/aromatic N) is 3. The molecule has 22 heavy (non-hydrogen) atoms. The molecule has 0 saturated carbocycles. The van der Waals surface area contributed by atoms with Crippen LogP contribution in [0.3, 0.4) is 0 Å². The van der Waals surface area contributed by atoms with Crippen molar-refractivity contribution >= 4 is 12.1 Å². The van der Waals surface area contributed by atoms with Crippen LogP contribution in [0.5, 0.6) is 0 Å². The molecule has 0 aromatic carbocycles. The standard InChI is InChI=1S/C13H24N4O5/c1-4-20-7-15-10-11(17(13(15)19)9-22-6-3)16(8-21-5-2)12(18)14-10/h10-11H,4-9H2,1-3H3,(H,14,18). The van der Waals surface area contributed by atoms with E-state index in [2.05, 4.69) is 5.32 Å². The minimum Gasteiger partial charge on any atom is -0.361 e. The summed E-state index contributed by atoms with van der Waals surface area (Å²) in [6.07, 6.45) is -0.925. The highest BCUT2D eigenvalue weighted by molar-refractivity contribution is 5.84. The fourth-order valence-corrected chi connectivity index (χ4v) is 2.52. The van der Waals surface area contributed by atoms with Gasteiger partial charge in [-0.15, -0.1) is 0 Å². The third-order valence-corrected chi connectivity index (χ3v) is 3.58. The van der Waals surface area contributed by atoms with Gasteiger partial charge < -0.3 is 19.5 Å². The van der Waals surface area contributed by atoms with Gasteiger partial charge in [-0.3, -0.25) is 14.7 Å². The fraction of sp³-hybridized carbons (Fsp3) is 0.846. The molecule has 2 atom stereocenters. The first-order valence-corrected chi connectivity index (χ1v) is 7.53. The lowest BCUT2D eigenvalue weighted by Crippen LogP contribution is -2.48. The first-order valence-electron chi connectivity index (χ1n) is 7.53. The third-order valence-electron chi connectivity index (χ3n) is 3.58. The Bertz CT molecular complexity index is 402. The summed E-state index contributed by atoms with van der Waals surface area (Å²) in [5, 5.41) is 2.81. The highest BCUT2D eigenvalue weighted by Crippen LogP contribution is 2.28. The first kappa shape index (κ1) is 16.8. The van der Waals surface area contributed by atoms with Crippen LogP contribution in [0.15, 0.2) is 0 Å². The van der Waals surface area contributed by atoms with Crippen LogP contribution in [0.25, 0.3) is 0 Å². The van der Waals surface area contributed by atoms with Crippen LogP contribution in [0.1, 0.15) is 20.8 Å². The van der Waals surface area contributed by atoms with Crippen molar-refractivity contribution in [1.29, 1.82) is 0 Å². The van der Waals surface area contributed by atoms with E-state index in [0.717, 1.165) is 0 Å². The van der Waals surface area contributed by atoms with Gasteiger partial charge in [0.2, 0.25) is 0 Å². The van der Waals surface area contributed by atoms with Crippen LogP contribution in [0.4, 0.5) is 9.59 Å². The molecule has 2 aliphatic rings. The Hall–Kier alpha value is -1.58. The largest absolute Gasteiger partial charge is 0.361 e. The summed E-state index contributed by atoms with van der Waals surface area (Å²) in [4.78, 5) is 29.2. The van der Waals surface area contributed by atoms with E-state index in [1.54, 1.807) is 0 Å². The van der Waals surface area contributed by atoms with Gasteiger partial charge in [0, 0.05) is 19.8 Å². The molecule has 126 valence electrons. The van der Waals surface area contributed by atoms with Gasteiger partial charge in [0.1, 0.15) is 26.4 Å². The summed E-state index contributed by atoms with van der Waals surface area (Å²) >= 11 is 0. The Morgan fingerprint density at radius 3 is 1.91 bits per heavy atom. The molecule has 2 rings (SSSR count). The van der Waals surface area contributed by atoms with Gasteiger partial charge in [0.15, 0.2) is 6.17 Å².